The topological polar surface area (TPSA) is 118 Å². The zero-order valence-corrected chi connectivity index (χ0v) is 6.48. The number of carbonyl (C=O) groups excluding carboxylic acids is 1. The second-order valence-corrected chi connectivity index (χ2v) is 2.03. The molecule has 0 aliphatic carbocycles. The van der Waals surface area contributed by atoms with Gasteiger partial charge in [-0.2, -0.15) is 0 Å². The van der Waals surface area contributed by atoms with Gasteiger partial charge in [-0.25, -0.2) is 14.4 Å². The molecular weight excluding hydrogens is 178 g/mol. The van der Waals surface area contributed by atoms with Gasteiger partial charge in [-0.05, 0) is 0 Å². The molecule has 0 amide bonds. The molecule has 4 N–H and O–H groups in total. The molecule has 0 saturated carbocycles. The Morgan fingerprint density at radius 1 is 1.31 bits per heavy atom. The summed E-state index contributed by atoms with van der Waals surface area (Å²) in [6.45, 7) is 0. The lowest BCUT2D eigenvalue weighted by Crippen LogP contribution is -2.17. The summed E-state index contributed by atoms with van der Waals surface area (Å²) in [4.78, 5) is 30.4. The Kier molecular flexibility index (Phi) is 3.98. The Bertz CT molecular complexity index is 311. The van der Waals surface area contributed by atoms with E-state index in [4.69, 9.17) is 15.9 Å². The number of nitrogens with two attached hydrogens (primary N) is 1. The van der Waals surface area contributed by atoms with Crippen molar-refractivity contribution < 1.29 is 24.6 Å². The number of allylic oxidation sites excluding steroid dienone is 1. The minimum absolute atomic E-state index is 0.350. The standard InChI is InChI=1S/C7H7NO5/c8-5(7(12)13)4(6(10)11)2-1-3-9/h1H,2,8H2,(H,10,11)(H,12,13)/b5-4-. The van der Waals surface area contributed by atoms with Gasteiger partial charge < -0.3 is 15.9 Å². The maximum Gasteiger partial charge on any atom is 0.352 e. The van der Waals surface area contributed by atoms with Gasteiger partial charge >= 0.3 is 11.9 Å². The summed E-state index contributed by atoms with van der Waals surface area (Å²) in [5.74, 6) is -1.67. The maximum absolute atomic E-state index is 10.4. The summed E-state index contributed by atoms with van der Waals surface area (Å²) in [5.41, 5.74) is 3.64. The molecule has 0 atom stereocenters. The Morgan fingerprint density at radius 2 is 1.85 bits per heavy atom. The van der Waals surface area contributed by atoms with Gasteiger partial charge in [-0.15, -0.1) is 0 Å². The van der Waals surface area contributed by atoms with E-state index in [1.807, 2.05) is 0 Å². The van der Waals surface area contributed by atoms with Crippen molar-refractivity contribution in [2.75, 3.05) is 0 Å². The van der Waals surface area contributed by atoms with Crippen molar-refractivity contribution in [3.8, 4) is 0 Å². The number of rotatable bonds is 4. The number of aliphatic carboxylic acids is 2. The zero-order chi connectivity index (χ0) is 10.4. The number of carboxylic acids is 2. The lowest BCUT2D eigenvalue weighted by Gasteiger charge is -1.99. The second kappa shape index (κ2) is 4.74. The van der Waals surface area contributed by atoms with Crippen LogP contribution in [0.25, 0.3) is 0 Å². The Labute approximate surface area is 73.0 Å². The summed E-state index contributed by atoms with van der Waals surface area (Å²) in [5, 5.41) is 16.8. The average molecular weight is 185 g/mol. The monoisotopic (exact) mass is 185 g/mol. The van der Waals surface area contributed by atoms with Crippen LogP contribution in [0.3, 0.4) is 0 Å². The molecular formula is C7H7NO5. The van der Waals surface area contributed by atoms with Crippen LogP contribution in [0.5, 0.6) is 0 Å². The van der Waals surface area contributed by atoms with Gasteiger partial charge in [-0.1, -0.05) is 0 Å². The fraction of sp³-hybridized carbons (Fsp3) is 0.143. The van der Waals surface area contributed by atoms with E-state index in [-0.39, 0.29) is 6.42 Å². The average Bonchev–Trinajstić information content (AvgIpc) is 2.04. The SMILES string of the molecule is N/C(C(=O)O)=C(/CC=C=O)C(=O)O. The van der Waals surface area contributed by atoms with E-state index in [1.165, 1.54) is 5.94 Å². The molecule has 0 fully saturated rings. The molecule has 6 nitrogen and oxygen atoms in total. The third-order valence-electron chi connectivity index (χ3n) is 1.20. The first-order chi connectivity index (χ1) is 6.00. The minimum Gasteiger partial charge on any atom is -0.478 e. The van der Waals surface area contributed by atoms with Crippen LogP contribution < -0.4 is 5.73 Å². The lowest BCUT2D eigenvalue weighted by molar-refractivity contribution is -0.136. The molecule has 0 heterocycles. The summed E-state index contributed by atoms with van der Waals surface area (Å²) in [6, 6.07) is 0. The Hall–Kier alpha value is -2.07. The van der Waals surface area contributed by atoms with Crippen LogP contribution >= 0.6 is 0 Å². The quantitative estimate of drug-likeness (QED) is 0.387. The first kappa shape index (κ1) is 10.9. The van der Waals surface area contributed by atoms with Crippen LogP contribution in [0.1, 0.15) is 6.42 Å². The van der Waals surface area contributed by atoms with E-state index in [1.54, 1.807) is 0 Å². The largest absolute Gasteiger partial charge is 0.478 e. The first-order valence-electron chi connectivity index (χ1n) is 3.15. The van der Waals surface area contributed by atoms with Gasteiger partial charge in [0, 0.05) is 12.5 Å². The molecule has 0 bridgehead atoms. The smallest absolute Gasteiger partial charge is 0.352 e. The van der Waals surface area contributed by atoms with Crippen LogP contribution in [-0.2, 0) is 14.4 Å². The lowest BCUT2D eigenvalue weighted by atomic mass is 10.1. The first-order valence-corrected chi connectivity index (χ1v) is 3.15. The molecule has 70 valence electrons. The van der Waals surface area contributed by atoms with E-state index in [0.717, 1.165) is 6.08 Å². The predicted octanol–water partition coefficient (Wildman–Crippen LogP) is -0.854. The molecule has 0 radical (unpaired) electrons. The maximum atomic E-state index is 10.4. The van der Waals surface area contributed by atoms with Crippen LogP contribution in [0.15, 0.2) is 17.3 Å². The van der Waals surface area contributed by atoms with Crippen molar-refractivity contribution in [3.63, 3.8) is 0 Å². The summed E-state index contributed by atoms with van der Waals surface area (Å²) in [6.07, 6.45) is 0.496. The minimum atomic E-state index is -1.53. The fourth-order valence-corrected chi connectivity index (χ4v) is 0.585. The zero-order valence-electron chi connectivity index (χ0n) is 6.48. The van der Waals surface area contributed by atoms with Crippen molar-refractivity contribution in [2.24, 2.45) is 5.73 Å². The molecule has 0 aromatic carbocycles. The summed E-state index contributed by atoms with van der Waals surface area (Å²) < 4.78 is 0. The van der Waals surface area contributed by atoms with Crippen molar-refractivity contribution in [2.45, 2.75) is 6.42 Å². The molecule has 0 aliphatic heterocycles. The van der Waals surface area contributed by atoms with Gasteiger partial charge in [0.1, 0.15) is 11.6 Å². The molecule has 0 rings (SSSR count). The third-order valence-corrected chi connectivity index (χ3v) is 1.20. The van der Waals surface area contributed by atoms with Crippen molar-refractivity contribution in [1.29, 1.82) is 0 Å². The fourth-order valence-electron chi connectivity index (χ4n) is 0.585. The van der Waals surface area contributed by atoms with E-state index in [0.29, 0.717) is 0 Å². The van der Waals surface area contributed by atoms with Gasteiger partial charge in [0.15, 0.2) is 0 Å². The van der Waals surface area contributed by atoms with E-state index >= 15 is 0 Å². The molecule has 0 saturated heterocycles. The molecule has 0 spiro atoms. The van der Waals surface area contributed by atoms with Gasteiger partial charge in [0.2, 0.25) is 0 Å². The molecule has 0 aliphatic rings. The third kappa shape index (κ3) is 3.22. The molecule has 6 heteroatoms. The Balaban J connectivity index is 4.99. The number of hydrogen-bond donors (Lipinski definition) is 3. The molecule has 0 aromatic rings. The van der Waals surface area contributed by atoms with E-state index < -0.39 is 23.2 Å². The van der Waals surface area contributed by atoms with Crippen molar-refractivity contribution in [3.05, 3.63) is 17.3 Å². The van der Waals surface area contributed by atoms with Gasteiger partial charge in [0.05, 0.1) is 5.57 Å². The number of carbonyl (C=O) groups is 2. The second-order valence-electron chi connectivity index (χ2n) is 2.03. The van der Waals surface area contributed by atoms with Crippen LogP contribution in [0.2, 0.25) is 0 Å². The van der Waals surface area contributed by atoms with E-state index in [2.05, 4.69) is 0 Å². The highest BCUT2D eigenvalue weighted by atomic mass is 16.4. The molecule has 0 aromatic heterocycles. The number of carboxylic acid groups (broad SMARTS) is 2. The van der Waals surface area contributed by atoms with E-state index in [9.17, 15) is 14.4 Å². The van der Waals surface area contributed by atoms with Gasteiger partial charge in [-0.3, -0.25) is 0 Å². The highest BCUT2D eigenvalue weighted by Crippen LogP contribution is 2.05. The van der Waals surface area contributed by atoms with Crippen LogP contribution in [0, 0.1) is 0 Å². The molecule has 13 heavy (non-hydrogen) atoms. The van der Waals surface area contributed by atoms with Gasteiger partial charge in [0.25, 0.3) is 0 Å². The Morgan fingerprint density at radius 3 is 2.15 bits per heavy atom. The highest BCUT2D eigenvalue weighted by Gasteiger charge is 2.15. The molecule has 0 unspecified atom stereocenters. The van der Waals surface area contributed by atoms with Crippen LogP contribution in [0.4, 0.5) is 0 Å². The normalized spacial score (nSPS) is 11.1. The summed E-state index contributed by atoms with van der Waals surface area (Å²) in [7, 11) is 0. The summed E-state index contributed by atoms with van der Waals surface area (Å²) >= 11 is 0. The van der Waals surface area contributed by atoms with Crippen molar-refractivity contribution >= 4 is 17.9 Å². The predicted molar refractivity (Wildman–Crippen MR) is 41.4 cm³/mol. The number of hydrogen-bond acceptors (Lipinski definition) is 4. The van der Waals surface area contributed by atoms with Crippen LogP contribution in [-0.4, -0.2) is 28.1 Å². The highest BCUT2D eigenvalue weighted by molar-refractivity contribution is 5.98. The van der Waals surface area contributed by atoms with Crippen molar-refractivity contribution in [1.82, 2.24) is 0 Å².